The molecule has 0 radical (unpaired) electrons. The van der Waals surface area contributed by atoms with Gasteiger partial charge in [0.1, 0.15) is 29.3 Å². The smallest absolute Gasteiger partial charge is 0.256 e. The van der Waals surface area contributed by atoms with Crippen molar-refractivity contribution in [2.45, 2.75) is 0 Å². The number of carbonyl (C=O) groups is 1. The van der Waals surface area contributed by atoms with Crippen molar-refractivity contribution in [1.82, 2.24) is 15.0 Å². The van der Waals surface area contributed by atoms with Crippen LogP contribution in [0.2, 0.25) is 5.02 Å². The van der Waals surface area contributed by atoms with E-state index in [0.717, 1.165) is 0 Å². The molecule has 0 unspecified atom stereocenters. The van der Waals surface area contributed by atoms with Gasteiger partial charge in [-0.05, 0) is 48.5 Å². The molecular formula is C22H12ClF2N5O. The monoisotopic (exact) mass is 435 g/mol. The van der Waals surface area contributed by atoms with E-state index in [1.165, 1.54) is 54.7 Å². The number of anilines is 1. The molecule has 0 aliphatic carbocycles. The fourth-order valence-corrected chi connectivity index (χ4v) is 3.16. The number of benzene rings is 2. The number of H-pyrrole nitrogens is 1. The number of nitriles is 1. The zero-order valence-electron chi connectivity index (χ0n) is 15.7. The van der Waals surface area contributed by atoms with E-state index in [0.29, 0.717) is 11.3 Å². The van der Waals surface area contributed by atoms with Crippen LogP contribution in [0.15, 0.2) is 60.8 Å². The highest BCUT2D eigenvalue weighted by Gasteiger charge is 2.18. The first-order valence-electron chi connectivity index (χ1n) is 8.94. The summed E-state index contributed by atoms with van der Waals surface area (Å²) >= 11 is 6.09. The minimum atomic E-state index is -0.575. The number of halogens is 3. The van der Waals surface area contributed by atoms with Gasteiger partial charge in [0, 0.05) is 17.3 Å². The number of amides is 1. The summed E-state index contributed by atoms with van der Waals surface area (Å²) in [6.07, 6.45) is 1.43. The molecule has 2 aromatic carbocycles. The first-order chi connectivity index (χ1) is 15.0. The fraction of sp³-hybridized carbons (Fsp3) is 0. The van der Waals surface area contributed by atoms with Gasteiger partial charge in [-0.2, -0.15) is 5.26 Å². The number of imidazole rings is 1. The minimum Gasteiger partial charge on any atom is -0.337 e. The van der Waals surface area contributed by atoms with Crippen LogP contribution < -0.4 is 5.32 Å². The van der Waals surface area contributed by atoms with Gasteiger partial charge in [-0.1, -0.05) is 17.7 Å². The normalized spacial score (nSPS) is 10.5. The molecule has 0 aliphatic heterocycles. The van der Waals surface area contributed by atoms with Crippen LogP contribution in [0, 0.1) is 23.0 Å². The number of hydrogen-bond donors (Lipinski definition) is 2. The topological polar surface area (TPSA) is 94.5 Å². The Balaban J connectivity index is 1.61. The van der Waals surface area contributed by atoms with Gasteiger partial charge in [0.05, 0.1) is 16.3 Å². The molecule has 0 spiro atoms. The van der Waals surface area contributed by atoms with E-state index in [4.69, 9.17) is 11.6 Å². The van der Waals surface area contributed by atoms with Crippen molar-refractivity contribution in [2.75, 3.05) is 5.32 Å². The van der Waals surface area contributed by atoms with Crippen LogP contribution >= 0.6 is 11.6 Å². The number of carbonyl (C=O) groups excluding carboxylic acids is 1. The first kappa shape index (κ1) is 20.2. The van der Waals surface area contributed by atoms with Crippen molar-refractivity contribution >= 4 is 23.3 Å². The Morgan fingerprint density at radius 2 is 1.87 bits per heavy atom. The predicted molar refractivity (Wildman–Crippen MR) is 111 cm³/mol. The lowest BCUT2D eigenvalue weighted by atomic mass is 10.1. The number of pyridine rings is 1. The van der Waals surface area contributed by atoms with E-state index < -0.39 is 17.5 Å². The molecule has 2 N–H and O–H groups in total. The molecule has 0 fully saturated rings. The quantitative estimate of drug-likeness (QED) is 0.461. The summed E-state index contributed by atoms with van der Waals surface area (Å²) in [6.45, 7) is 0. The first-order valence-corrected chi connectivity index (χ1v) is 9.32. The van der Waals surface area contributed by atoms with Crippen LogP contribution in [0.25, 0.3) is 22.6 Å². The number of aromatic nitrogens is 3. The summed E-state index contributed by atoms with van der Waals surface area (Å²) in [6, 6.07) is 14.4. The van der Waals surface area contributed by atoms with Crippen LogP contribution in [0.4, 0.5) is 14.6 Å². The molecule has 2 aromatic heterocycles. The number of nitrogens with zero attached hydrogens (tertiary/aromatic N) is 3. The van der Waals surface area contributed by atoms with Crippen LogP contribution in [0.1, 0.15) is 16.1 Å². The Hall–Kier alpha value is -4.09. The van der Waals surface area contributed by atoms with E-state index in [1.807, 2.05) is 6.07 Å². The number of rotatable bonds is 4. The summed E-state index contributed by atoms with van der Waals surface area (Å²) in [5, 5.41) is 12.2. The lowest BCUT2D eigenvalue weighted by Gasteiger charge is -2.05. The van der Waals surface area contributed by atoms with Gasteiger partial charge in [-0.3, -0.25) is 4.79 Å². The molecule has 2 heterocycles. The van der Waals surface area contributed by atoms with Crippen LogP contribution in [-0.4, -0.2) is 20.9 Å². The Labute approximate surface area is 180 Å². The molecule has 4 rings (SSSR count). The van der Waals surface area contributed by atoms with E-state index >= 15 is 0 Å². The molecule has 0 saturated heterocycles. The molecular weight excluding hydrogens is 424 g/mol. The molecule has 0 bridgehead atoms. The largest absolute Gasteiger partial charge is 0.337 e. The van der Waals surface area contributed by atoms with Crippen molar-refractivity contribution in [2.24, 2.45) is 0 Å². The van der Waals surface area contributed by atoms with E-state index in [-0.39, 0.29) is 33.5 Å². The lowest BCUT2D eigenvalue weighted by Crippen LogP contribution is -2.12. The molecule has 31 heavy (non-hydrogen) atoms. The highest BCUT2D eigenvalue weighted by molar-refractivity contribution is 6.33. The Morgan fingerprint density at radius 1 is 1.10 bits per heavy atom. The second-order valence-corrected chi connectivity index (χ2v) is 6.82. The zero-order valence-corrected chi connectivity index (χ0v) is 16.4. The van der Waals surface area contributed by atoms with Gasteiger partial charge in [0.25, 0.3) is 5.91 Å². The molecule has 1 amide bonds. The predicted octanol–water partition coefficient (Wildman–Crippen LogP) is 5.19. The van der Waals surface area contributed by atoms with Crippen molar-refractivity contribution < 1.29 is 13.6 Å². The second kappa shape index (κ2) is 8.34. The van der Waals surface area contributed by atoms with Crippen LogP contribution in [0.5, 0.6) is 0 Å². The fourth-order valence-electron chi connectivity index (χ4n) is 2.91. The SMILES string of the molecule is N#Cc1nc(-c2c(F)cccc2Cl)[nH]c1-c1ccc(NC(=O)c2ccc(F)cc2)nc1. The van der Waals surface area contributed by atoms with Crippen molar-refractivity contribution in [1.29, 1.82) is 5.26 Å². The summed E-state index contributed by atoms with van der Waals surface area (Å²) in [5.41, 5.74) is 1.21. The average Bonchev–Trinajstić information content (AvgIpc) is 3.18. The molecule has 0 aliphatic rings. The van der Waals surface area contributed by atoms with Crippen LogP contribution in [-0.2, 0) is 0 Å². The van der Waals surface area contributed by atoms with Crippen molar-refractivity contribution in [3.63, 3.8) is 0 Å². The summed E-state index contributed by atoms with van der Waals surface area (Å²) in [4.78, 5) is 23.5. The summed E-state index contributed by atoms with van der Waals surface area (Å²) in [7, 11) is 0. The van der Waals surface area contributed by atoms with Gasteiger partial charge in [-0.15, -0.1) is 0 Å². The Morgan fingerprint density at radius 3 is 2.52 bits per heavy atom. The van der Waals surface area contributed by atoms with Gasteiger partial charge in [0.2, 0.25) is 0 Å². The van der Waals surface area contributed by atoms with Gasteiger partial charge in [-0.25, -0.2) is 18.7 Å². The summed E-state index contributed by atoms with van der Waals surface area (Å²) < 4.78 is 27.2. The molecule has 6 nitrogen and oxygen atoms in total. The number of hydrogen-bond acceptors (Lipinski definition) is 4. The van der Waals surface area contributed by atoms with Gasteiger partial charge in [0.15, 0.2) is 5.69 Å². The molecule has 4 aromatic rings. The average molecular weight is 436 g/mol. The second-order valence-electron chi connectivity index (χ2n) is 6.41. The maximum atomic E-state index is 14.2. The van der Waals surface area contributed by atoms with E-state index in [9.17, 15) is 18.8 Å². The zero-order chi connectivity index (χ0) is 22.0. The highest BCUT2D eigenvalue weighted by Crippen LogP contribution is 2.31. The standard InChI is InChI=1S/C22H12ClF2N5O/c23-15-2-1-3-16(25)19(15)21-28-17(10-26)20(30-21)13-6-9-18(27-11-13)29-22(31)12-4-7-14(24)8-5-12/h1-9,11H,(H,28,30)(H,27,29,31). The molecule has 0 atom stereocenters. The maximum absolute atomic E-state index is 14.2. The molecule has 9 heteroatoms. The van der Waals surface area contributed by atoms with Crippen molar-refractivity contribution in [3.8, 4) is 28.7 Å². The molecule has 152 valence electrons. The number of aromatic amines is 1. The third-order valence-electron chi connectivity index (χ3n) is 4.41. The van der Waals surface area contributed by atoms with E-state index in [1.54, 1.807) is 6.07 Å². The Kier molecular flexibility index (Phi) is 5.43. The summed E-state index contributed by atoms with van der Waals surface area (Å²) in [5.74, 6) is -1.09. The van der Waals surface area contributed by atoms with Gasteiger partial charge >= 0.3 is 0 Å². The Bertz CT molecular complexity index is 1290. The third-order valence-corrected chi connectivity index (χ3v) is 4.72. The highest BCUT2D eigenvalue weighted by atomic mass is 35.5. The maximum Gasteiger partial charge on any atom is 0.256 e. The number of nitrogens with one attached hydrogen (secondary N) is 2. The minimum absolute atomic E-state index is 0.0409. The lowest BCUT2D eigenvalue weighted by molar-refractivity contribution is 0.102. The van der Waals surface area contributed by atoms with E-state index in [2.05, 4.69) is 20.3 Å². The molecule has 0 saturated carbocycles. The van der Waals surface area contributed by atoms with Gasteiger partial charge < -0.3 is 10.3 Å². The third kappa shape index (κ3) is 4.13. The van der Waals surface area contributed by atoms with Crippen molar-refractivity contribution in [3.05, 3.63) is 88.7 Å². The van der Waals surface area contributed by atoms with Crippen LogP contribution in [0.3, 0.4) is 0 Å².